The molecule has 0 saturated heterocycles. The molecule has 19 heavy (non-hydrogen) atoms. The Kier molecular flexibility index (Phi) is 4.35. The number of benzene rings is 1. The standard InChI is InChI=1S/C15H21ClN2O/c1-5-11(4)18-12-7-6-8-13(19-10(2)3)15(12)17-14(18)9-16/h6-8,10-11H,5,9H2,1-4H3. The zero-order chi connectivity index (χ0) is 14.0. The minimum atomic E-state index is 0.138. The summed E-state index contributed by atoms with van der Waals surface area (Å²) in [6.07, 6.45) is 1.18. The van der Waals surface area contributed by atoms with Crippen molar-refractivity contribution in [2.24, 2.45) is 0 Å². The number of aromatic nitrogens is 2. The Morgan fingerprint density at radius 2 is 2.05 bits per heavy atom. The number of para-hydroxylation sites is 1. The maximum absolute atomic E-state index is 6.04. The van der Waals surface area contributed by atoms with Gasteiger partial charge in [-0.1, -0.05) is 13.0 Å². The average molecular weight is 281 g/mol. The molecule has 0 aliphatic rings. The van der Waals surface area contributed by atoms with Crippen molar-refractivity contribution >= 4 is 22.6 Å². The van der Waals surface area contributed by atoms with Crippen LogP contribution in [0.5, 0.6) is 5.75 Å². The van der Waals surface area contributed by atoms with Crippen molar-refractivity contribution in [1.29, 1.82) is 0 Å². The molecule has 0 fully saturated rings. The lowest BCUT2D eigenvalue weighted by Gasteiger charge is -2.15. The third-order valence-electron chi connectivity index (χ3n) is 3.27. The summed E-state index contributed by atoms with van der Waals surface area (Å²) >= 11 is 6.04. The predicted molar refractivity (Wildman–Crippen MR) is 80.1 cm³/mol. The number of rotatable bonds is 5. The molecular formula is C15H21ClN2O. The minimum absolute atomic E-state index is 0.138. The second-order valence-corrected chi connectivity index (χ2v) is 5.35. The fraction of sp³-hybridized carbons (Fsp3) is 0.533. The van der Waals surface area contributed by atoms with Crippen molar-refractivity contribution in [2.45, 2.75) is 52.1 Å². The Morgan fingerprint density at radius 3 is 2.63 bits per heavy atom. The Bertz CT molecular complexity index is 563. The first-order valence-corrected chi connectivity index (χ1v) is 7.34. The smallest absolute Gasteiger partial charge is 0.147 e. The molecule has 0 aliphatic heterocycles. The van der Waals surface area contributed by atoms with Crippen molar-refractivity contribution in [1.82, 2.24) is 9.55 Å². The third kappa shape index (κ3) is 2.71. The molecule has 0 amide bonds. The highest BCUT2D eigenvalue weighted by Crippen LogP contribution is 2.30. The number of nitrogens with zero attached hydrogens (tertiary/aromatic N) is 2. The molecule has 1 aromatic heterocycles. The molecule has 0 aliphatic carbocycles. The number of imidazole rings is 1. The molecule has 0 N–H and O–H groups in total. The Hall–Kier alpha value is -1.22. The minimum Gasteiger partial charge on any atom is -0.489 e. The SMILES string of the molecule is CCC(C)n1c(CCl)nc2c(OC(C)C)cccc21. The van der Waals surface area contributed by atoms with E-state index >= 15 is 0 Å². The van der Waals surface area contributed by atoms with Crippen LogP contribution < -0.4 is 4.74 Å². The van der Waals surface area contributed by atoms with Crippen molar-refractivity contribution in [2.75, 3.05) is 0 Å². The van der Waals surface area contributed by atoms with Gasteiger partial charge in [-0.3, -0.25) is 0 Å². The Labute approximate surface area is 119 Å². The largest absolute Gasteiger partial charge is 0.489 e. The molecular weight excluding hydrogens is 260 g/mol. The summed E-state index contributed by atoms with van der Waals surface area (Å²) in [5, 5.41) is 0. The number of hydrogen-bond acceptors (Lipinski definition) is 2. The Balaban J connectivity index is 2.62. The van der Waals surface area contributed by atoms with Gasteiger partial charge in [0.2, 0.25) is 0 Å². The zero-order valence-electron chi connectivity index (χ0n) is 12.0. The number of fused-ring (bicyclic) bond motifs is 1. The summed E-state index contributed by atoms with van der Waals surface area (Å²) in [7, 11) is 0. The van der Waals surface area contributed by atoms with Gasteiger partial charge in [0.25, 0.3) is 0 Å². The van der Waals surface area contributed by atoms with Crippen LogP contribution in [-0.4, -0.2) is 15.7 Å². The van der Waals surface area contributed by atoms with Crippen molar-refractivity contribution in [3.8, 4) is 5.75 Å². The lowest BCUT2D eigenvalue weighted by atomic mass is 10.2. The molecule has 1 atom stereocenters. The van der Waals surface area contributed by atoms with Crippen molar-refractivity contribution < 1.29 is 4.74 Å². The quantitative estimate of drug-likeness (QED) is 0.752. The number of halogens is 1. The summed E-state index contributed by atoms with van der Waals surface area (Å²) in [6.45, 7) is 8.40. The van der Waals surface area contributed by atoms with Gasteiger partial charge in [-0.05, 0) is 39.3 Å². The van der Waals surface area contributed by atoms with Crippen LogP contribution >= 0.6 is 11.6 Å². The van der Waals surface area contributed by atoms with E-state index in [2.05, 4.69) is 29.5 Å². The van der Waals surface area contributed by atoms with Gasteiger partial charge in [0, 0.05) is 6.04 Å². The fourth-order valence-electron chi connectivity index (χ4n) is 2.26. The average Bonchev–Trinajstić information content (AvgIpc) is 2.77. The van der Waals surface area contributed by atoms with Crippen LogP contribution in [0.3, 0.4) is 0 Å². The van der Waals surface area contributed by atoms with Gasteiger partial charge in [0.1, 0.15) is 17.1 Å². The first-order chi connectivity index (χ1) is 9.08. The van der Waals surface area contributed by atoms with E-state index in [1.54, 1.807) is 0 Å². The van der Waals surface area contributed by atoms with Crippen LogP contribution in [-0.2, 0) is 5.88 Å². The molecule has 0 radical (unpaired) electrons. The van der Waals surface area contributed by atoms with Gasteiger partial charge in [-0.25, -0.2) is 4.98 Å². The molecule has 0 saturated carbocycles. The lowest BCUT2D eigenvalue weighted by molar-refractivity contribution is 0.245. The Morgan fingerprint density at radius 1 is 1.32 bits per heavy atom. The molecule has 0 spiro atoms. The van der Waals surface area contributed by atoms with E-state index in [1.807, 2.05) is 26.0 Å². The molecule has 2 aromatic rings. The van der Waals surface area contributed by atoms with Crippen LogP contribution in [0.1, 0.15) is 46.0 Å². The van der Waals surface area contributed by atoms with Crippen LogP contribution in [0.4, 0.5) is 0 Å². The van der Waals surface area contributed by atoms with Crippen LogP contribution in [0.2, 0.25) is 0 Å². The van der Waals surface area contributed by atoms with E-state index in [9.17, 15) is 0 Å². The predicted octanol–water partition coefficient (Wildman–Crippen LogP) is 4.53. The summed E-state index contributed by atoms with van der Waals surface area (Å²) in [5.74, 6) is 2.16. The highest BCUT2D eigenvalue weighted by molar-refractivity contribution is 6.16. The number of ether oxygens (including phenoxy) is 1. The first kappa shape index (κ1) is 14.2. The molecule has 3 nitrogen and oxygen atoms in total. The van der Waals surface area contributed by atoms with Crippen LogP contribution in [0.15, 0.2) is 18.2 Å². The van der Waals surface area contributed by atoms with Gasteiger partial charge in [0.15, 0.2) is 0 Å². The summed E-state index contributed by atoms with van der Waals surface area (Å²) < 4.78 is 8.05. The lowest BCUT2D eigenvalue weighted by Crippen LogP contribution is -2.07. The van der Waals surface area contributed by atoms with Crippen molar-refractivity contribution in [3.63, 3.8) is 0 Å². The van der Waals surface area contributed by atoms with E-state index in [-0.39, 0.29) is 6.10 Å². The molecule has 4 heteroatoms. The highest BCUT2D eigenvalue weighted by Gasteiger charge is 2.17. The van der Waals surface area contributed by atoms with Gasteiger partial charge < -0.3 is 9.30 Å². The third-order valence-corrected chi connectivity index (χ3v) is 3.51. The van der Waals surface area contributed by atoms with E-state index in [0.717, 1.165) is 29.0 Å². The fourth-order valence-corrected chi connectivity index (χ4v) is 2.45. The normalized spacial score (nSPS) is 13.2. The summed E-state index contributed by atoms with van der Waals surface area (Å²) in [6, 6.07) is 6.44. The van der Waals surface area contributed by atoms with Crippen molar-refractivity contribution in [3.05, 3.63) is 24.0 Å². The molecule has 1 unspecified atom stereocenters. The summed E-state index contributed by atoms with van der Waals surface area (Å²) in [4.78, 5) is 4.66. The second-order valence-electron chi connectivity index (χ2n) is 5.08. The number of alkyl halides is 1. The zero-order valence-corrected chi connectivity index (χ0v) is 12.7. The summed E-state index contributed by atoms with van der Waals surface area (Å²) in [5.41, 5.74) is 2.01. The van der Waals surface area contributed by atoms with E-state index in [4.69, 9.17) is 16.3 Å². The van der Waals surface area contributed by atoms with Gasteiger partial charge in [-0.2, -0.15) is 0 Å². The van der Waals surface area contributed by atoms with Gasteiger partial charge in [0.05, 0.1) is 17.5 Å². The molecule has 1 heterocycles. The topological polar surface area (TPSA) is 27.1 Å². The molecule has 1 aromatic carbocycles. The van der Waals surface area contributed by atoms with E-state index in [1.165, 1.54) is 0 Å². The van der Waals surface area contributed by atoms with E-state index < -0.39 is 0 Å². The second kappa shape index (κ2) is 5.83. The van der Waals surface area contributed by atoms with E-state index in [0.29, 0.717) is 11.9 Å². The first-order valence-electron chi connectivity index (χ1n) is 6.80. The number of hydrogen-bond donors (Lipinski definition) is 0. The van der Waals surface area contributed by atoms with Gasteiger partial charge in [-0.15, -0.1) is 11.6 Å². The maximum Gasteiger partial charge on any atom is 0.147 e. The molecule has 0 bridgehead atoms. The van der Waals surface area contributed by atoms with Crippen LogP contribution in [0.25, 0.3) is 11.0 Å². The molecule has 2 rings (SSSR count). The van der Waals surface area contributed by atoms with Crippen LogP contribution in [0, 0.1) is 0 Å². The highest BCUT2D eigenvalue weighted by atomic mass is 35.5. The monoisotopic (exact) mass is 280 g/mol. The maximum atomic E-state index is 6.04. The van der Waals surface area contributed by atoms with Gasteiger partial charge >= 0.3 is 0 Å². The molecule has 104 valence electrons.